The standard InChI is InChI=1S/C13H18N2/c1-2-12-8-10-3-6-14-7-4-11(10)9-13(12)15-5-1/h8-9,14-15H,1-7H2. The van der Waals surface area contributed by atoms with Crippen LogP contribution in [-0.4, -0.2) is 19.6 Å². The first-order chi connectivity index (χ1) is 7.43. The van der Waals surface area contributed by atoms with Crippen LogP contribution in [-0.2, 0) is 19.3 Å². The van der Waals surface area contributed by atoms with Crippen LogP contribution in [0.25, 0.3) is 0 Å². The van der Waals surface area contributed by atoms with Crippen molar-refractivity contribution in [2.24, 2.45) is 0 Å². The number of hydrogen-bond acceptors (Lipinski definition) is 2. The highest BCUT2D eigenvalue weighted by Crippen LogP contribution is 2.27. The average Bonchev–Trinajstić information content (AvgIpc) is 2.50. The van der Waals surface area contributed by atoms with Gasteiger partial charge in [-0.25, -0.2) is 0 Å². The summed E-state index contributed by atoms with van der Waals surface area (Å²) in [5.41, 5.74) is 6.04. The Morgan fingerprint density at radius 1 is 0.800 bits per heavy atom. The Labute approximate surface area is 91.1 Å². The summed E-state index contributed by atoms with van der Waals surface area (Å²) in [6, 6.07) is 4.82. The molecular weight excluding hydrogens is 184 g/mol. The van der Waals surface area contributed by atoms with Crippen LogP contribution in [0.5, 0.6) is 0 Å². The van der Waals surface area contributed by atoms with E-state index in [1.54, 1.807) is 11.1 Å². The van der Waals surface area contributed by atoms with Crippen molar-refractivity contribution >= 4 is 5.69 Å². The Morgan fingerprint density at radius 2 is 1.60 bits per heavy atom. The Morgan fingerprint density at radius 3 is 2.47 bits per heavy atom. The van der Waals surface area contributed by atoms with Gasteiger partial charge in [0, 0.05) is 12.2 Å². The smallest absolute Gasteiger partial charge is 0.0375 e. The number of nitrogens with one attached hydrogen (secondary N) is 2. The van der Waals surface area contributed by atoms with Gasteiger partial charge in [0.2, 0.25) is 0 Å². The molecule has 0 saturated carbocycles. The van der Waals surface area contributed by atoms with Gasteiger partial charge in [0.25, 0.3) is 0 Å². The maximum absolute atomic E-state index is 3.51. The monoisotopic (exact) mass is 202 g/mol. The molecule has 1 aromatic rings. The quantitative estimate of drug-likeness (QED) is 0.669. The topological polar surface area (TPSA) is 24.1 Å². The van der Waals surface area contributed by atoms with Gasteiger partial charge in [-0.05, 0) is 61.5 Å². The van der Waals surface area contributed by atoms with Crippen molar-refractivity contribution in [1.29, 1.82) is 0 Å². The average molecular weight is 202 g/mol. The fourth-order valence-corrected chi connectivity index (χ4v) is 2.65. The summed E-state index contributed by atoms with van der Waals surface area (Å²) in [5, 5.41) is 6.98. The highest BCUT2D eigenvalue weighted by molar-refractivity contribution is 5.57. The summed E-state index contributed by atoms with van der Waals surface area (Å²) in [7, 11) is 0. The van der Waals surface area contributed by atoms with Crippen LogP contribution in [0.2, 0.25) is 0 Å². The Balaban J connectivity index is 2.02. The van der Waals surface area contributed by atoms with Gasteiger partial charge in [-0.1, -0.05) is 6.07 Å². The van der Waals surface area contributed by atoms with E-state index in [9.17, 15) is 0 Å². The summed E-state index contributed by atoms with van der Waals surface area (Å²) < 4.78 is 0. The molecule has 0 radical (unpaired) electrons. The molecule has 2 nitrogen and oxygen atoms in total. The zero-order valence-electron chi connectivity index (χ0n) is 9.10. The molecule has 0 spiro atoms. The highest BCUT2D eigenvalue weighted by Gasteiger charge is 2.14. The van der Waals surface area contributed by atoms with E-state index in [4.69, 9.17) is 0 Å². The molecule has 2 aliphatic rings. The van der Waals surface area contributed by atoms with E-state index in [2.05, 4.69) is 22.8 Å². The molecule has 2 heterocycles. The predicted octanol–water partition coefficient (Wildman–Crippen LogP) is 1.73. The molecule has 0 atom stereocenters. The molecule has 0 fully saturated rings. The molecular formula is C13H18N2. The number of benzene rings is 1. The molecule has 0 unspecified atom stereocenters. The second kappa shape index (κ2) is 3.86. The minimum Gasteiger partial charge on any atom is -0.385 e. The molecule has 3 rings (SSSR count). The van der Waals surface area contributed by atoms with Crippen LogP contribution in [0.1, 0.15) is 23.1 Å². The highest BCUT2D eigenvalue weighted by atomic mass is 14.9. The molecule has 1 aromatic carbocycles. The molecule has 80 valence electrons. The van der Waals surface area contributed by atoms with Crippen LogP contribution in [0.3, 0.4) is 0 Å². The third kappa shape index (κ3) is 1.74. The van der Waals surface area contributed by atoms with Gasteiger partial charge in [0.15, 0.2) is 0 Å². The normalized spacial score (nSPS) is 19.7. The van der Waals surface area contributed by atoms with Gasteiger partial charge in [-0.3, -0.25) is 0 Å². The fourth-order valence-electron chi connectivity index (χ4n) is 2.65. The van der Waals surface area contributed by atoms with Crippen LogP contribution in [0, 0.1) is 0 Å². The van der Waals surface area contributed by atoms with Gasteiger partial charge in [-0.15, -0.1) is 0 Å². The zero-order valence-corrected chi connectivity index (χ0v) is 9.10. The first-order valence-corrected chi connectivity index (χ1v) is 6.03. The summed E-state index contributed by atoms with van der Waals surface area (Å²) in [6.45, 7) is 3.41. The number of hydrogen-bond donors (Lipinski definition) is 2. The number of rotatable bonds is 0. The van der Waals surface area contributed by atoms with E-state index < -0.39 is 0 Å². The molecule has 2 heteroatoms. The second-order valence-electron chi connectivity index (χ2n) is 4.56. The molecule has 0 aliphatic carbocycles. The van der Waals surface area contributed by atoms with E-state index >= 15 is 0 Å². The van der Waals surface area contributed by atoms with E-state index in [0.717, 1.165) is 19.6 Å². The largest absolute Gasteiger partial charge is 0.385 e. The Hall–Kier alpha value is -1.02. The van der Waals surface area contributed by atoms with E-state index in [-0.39, 0.29) is 0 Å². The van der Waals surface area contributed by atoms with E-state index in [1.165, 1.54) is 36.9 Å². The number of anilines is 1. The van der Waals surface area contributed by atoms with Crippen molar-refractivity contribution in [3.63, 3.8) is 0 Å². The molecule has 0 bridgehead atoms. The van der Waals surface area contributed by atoms with Crippen LogP contribution < -0.4 is 10.6 Å². The molecule has 2 aliphatic heterocycles. The second-order valence-corrected chi connectivity index (χ2v) is 4.56. The lowest BCUT2D eigenvalue weighted by Gasteiger charge is -2.20. The third-order valence-electron chi connectivity index (χ3n) is 3.51. The minimum absolute atomic E-state index is 1.13. The van der Waals surface area contributed by atoms with Crippen molar-refractivity contribution < 1.29 is 0 Å². The number of aryl methyl sites for hydroxylation is 1. The summed E-state index contributed by atoms with van der Waals surface area (Å²) >= 11 is 0. The SMILES string of the molecule is c1c2c(cc3c1CCCN3)CCNCC2. The molecule has 0 saturated heterocycles. The van der Waals surface area contributed by atoms with Crippen molar-refractivity contribution in [1.82, 2.24) is 5.32 Å². The van der Waals surface area contributed by atoms with Gasteiger partial charge >= 0.3 is 0 Å². The zero-order chi connectivity index (χ0) is 10.1. The number of fused-ring (bicyclic) bond motifs is 2. The van der Waals surface area contributed by atoms with Gasteiger partial charge in [-0.2, -0.15) is 0 Å². The maximum atomic E-state index is 3.51. The van der Waals surface area contributed by atoms with Crippen LogP contribution in [0.4, 0.5) is 5.69 Å². The van der Waals surface area contributed by atoms with Crippen LogP contribution >= 0.6 is 0 Å². The lowest BCUT2D eigenvalue weighted by molar-refractivity contribution is 0.711. The van der Waals surface area contributed by atoms with Gasteiger partial charge < -0.3 is 10.6 Å². The lowest BCUT2D eigenvalue weighted by Crippen LogP contribution is -2.16. The molecule has 0 amide bonds. The van der Waals surface area contributed by atoms with Gasteiger partial charge in [0.1, 0.15) is 0 Å². The van der Waals surface area contributed by atoms with Gasteiger partial charge in [0.05, 0.1) is 0 Å². The Kier molecular flexibility index (Phi) is 2.37. The first-order valence-electron chi connectivity index (χ1n) is 6.03. The first kappa shape index (κ1) is 9.22. The fraction of sp³-hybridized carbons (Fsp3) is 0.538. The van der Waals surface area contributed by atoms with E-state index in [1.807, 2.05) is 0 Å². The van der Waals surface area contributed by atoms with Crippen LogP contribution in [0.15, 0.2) is 12.1 Å². The molecule has 2 N–H and O–H groups in total. The van der Waals surface area contributed by atoms with E-state index in [0.29, 0.717) is 0 Å². The maximum Gasteiger partial charge on any atom is 0.0375 e. The minimum atomic E-state index is 1.13. The van der Waals surface area contributed by atoms with Crippen molar-refractivity contribution in [3.05, 3.63) is 28.8 Å². The van der Waals surface area contributed by atoms with Crippen molar-refractivity contribution in [2.75, 3.05) is 25.0 Å². The third-order valence-corrected chi connectivity index (χ3v) is 3.51. The lowest BCUT2D eigenvalue weighted by atomic mass is 9.94. The van der Waals surface area contributed by atoms with Crippen molar-refractivity contribution in [3.8, 4) is 0 Å². The van der Waals surface area contributed by atoms with Crippen molar-refractivity contribution in [2.45, 2.75) is 25.7 Å². The Bertz CT molecular complexity index is 336. The summed E-state index contributed by atoms with van der Waals surface area (Å²) in [6.07, 6.45) is 4.92. The predicted molar refractivity (Wildman–Crippen MR) is 63.5 cm³/mol. The summed E-state index contributed by atoms with van der Waals surface area (Å²) in [4.78, 5) is 0. The molecule has 0 aromatic heterocycles. The molecule has 15 heavy (non-hydrogen) atoms. The summed E-state index contributed by atoms with van der Waals surface area (Å²) in [5.74, 6) is 0.